The van der Waals surface area contributed by atoms with Gasteiger partial charge in [0.2, 0.25) is 5.82 Å². The van der Waals surface area contributed by atoms with Crippen LogP contribution >= 0.6 is 0 Å². The smallest absolute Gasteiger partial charge is 0.327 e. The van der Waals surface area contributed by atoms with E-state index in [2.05, 4.69) is 5.32 Å². The normalized spacial score (nSPS) is 22.4. The predicted molar refractivity (Wildman–Crippen MR) is 88.0 cm³/mol. The van der Waals surface area contributed by atoms with Crippen LogP contribution in [0.3, 0.4) is 0 Å². The van der Waals surface area contributed by atoms with E-state index in [0.29, 0.717) is 12.2 Å². The molecule has 1 aliphatic carbocycles. The summed E-state index contributed by atoms with van der Waals surface area (Å²) in [6.45, 7) is 1.88. The number of nitro groups is 1. The van der Waals surface area contributed by atoms with Crippen molar-refractivity contribution in [1.82, 2.24) is 0 Å². The third-order valence-electron chi connectivity index (χ3n) is 4.10. The van der Waals surface area contributed by atoms with E-state index in [4.69, 9.17) is 4.74 Å². The Morgan fingerprint density at radius 2 is 2.22 bits per heavy atom. The summed E-state index contributed by atoms with van der Waals surface area (Å²) in [4.78, 5) is 10.4. The molecule has 6 nitrogen and oxygen atoms in total. The van der Waals surface area contributed by atoms with E-state index in [9.17, 15) is 18.7 Å². The van der Waals surface area contributed by atoms with Crippen LogP contribution in [0.15, 0.2) is 12.1 Å². The van der Waals surface area contributed by atoms with Crippen LogP contribution in [0, 0.1) is 15.9 Å². The molecule has 8 heteroatoms. The summed E-state index contributed by atoms with van der Waals surface area (Å²) >= 11 is 0. The molecule has 0 heterocycles. The van der Waals surface area contributed by atoms with Gasteiger partial charge in [0, 0.05) is 40.0 Å². The lowest BCUT2D eigenvalue weighted by atomic mass is 9.94. The highest BCUT2D eigenvalue weighted by molar-refractivity contribution is 7.85. The van der Waals surface area contributed by atoms with Crippen LogP contribution in [0.1, 0.15) is 32.6 Å². The van der Waals surface area contributed by atoms with Crippen molar-refractivity contribution in [2.45, 2.75) is 43.9 Å². The molecule has 1 aromatic rings. The molecule has 23 heavy (non-hydrogen) atoms. The second-order valence-electron chi connectivity index (χ2n) is 5.56. The largest absolute Gasteiger partial charge is 0.497 e. The summed E-state index contributed by atoms with van der Waals surface area (Å²) in [5.74, 6) is -0.104. The Bertz CT molecular complexity index is 611. The highest BCUT2D eigenvalue weighted by atomic mass is 32.2. The quantitative estimate of drug-likeness (QED) is 0.633. The van der Waals surface area contributed by atoms with Gasteiger partial charge in [-0.05, 0) is 19.3 Å². The maximum atomic E-state index is 14.0. The van der Waals surface area contributed by atoms with Gasteiger partial charge in [0.15, 0.2) is 0 Å². The van der Waals surface area contributed by atoms with Crippen molar-refractivity contribution in [2.24, 2.45) is 0 Å². The number of methoxy groups -OCH3 is 1. The molecule has 3 unspecified atom stereocenters. The van der Waals surface area contributed by atoms with Crippen molar-refractivity contribution in [1.29, 1.82) is 0 Å². The molecule has 1 N–H and O–H groups in total. The molecule has 0 amide bonds. The highest BCUT2D eigenvalue weighted by Gasteiger charge is 2.29. The van der Waals surface area contributed by atoms with Gasteiger partial charge >= 0.3 is 5.69 Å². The molecule has 0 aromatic heterocycles. The minimum atomic E-state index is -0.929. The number of nitro benzene ring substituents is 1. The number of ether oxygens (including phenoxy) is 1. The number of hydrogen-bond donors (Lipinski definition) is 1. The van der Waals surface area contributed by atoms with Crippen LogP contribution in [-0.2, 0) is 10.8 Å². The monoisotopic (exact) mass is 344 g/mol. The molecule has 0 spiro atoms. The number of nitrogens with one attached hydrogen (secondary N) is 1. The van der Waals surface area contributed by atoms with Crippen LogP contribution in [0.5, 0.6) is 5.75 Å². The first-order valence-corrected chi connectivity index (χ1v) is 9.00. The zero-order valence-corrected chi connectivity index (χ0v) is 14.0. The second kappa shape index (κ2) is 7.72. The first kappa shape index (κ1) is 17.7. The number of halogens is 1. The topological polar surface area (TPSA) is 81.5 Å². The first-order chi connectivity index (χ1) is 11.0. The summed E-state index contributed by atoms with van der Waals surface area (Å²) < 4.78 is 30.9. The SMILES string of the molecule is CCS(=O)C1CCCC(Nc2cc(OC)cc(F)c2[N+](=O)[O-])C1. The Balaban J connectivity index is 2.23. The Morgan fingerprint density at radius 3 is 2.83 bits per heavy atom. The van der Waals surface area contributed by atoms with Gasteiger partial charge < -0.3 is 10.1 Å². The predicted octanol–water partition coefficient (Wildman–Crippen LogP) is 3.23. The number of benzene rings is 1. The molecule has 1 aromatic carbocycles. The summed E-state index contributed by atoms with van der Waals surface area (Å²) in [6, 6.07) is 2.37. The Labute approximate surface area is 137 Å². The van der Waals surface area contributed by atoms with Crippen LogP contribution < -0.4 is 10.1 Å². The Kier molecular flexibility index (Phi) is 5.92. The molecule has 0 radical (unpaired) electrons. The van der Waals surface area contributed by atoms with Gasteiger partial charge in [-0.15, -0.1) is 0 Å². The number of hydrogen-bond acceptors (Lipinski definition) is 5. The fourth-order valence-electron chi connectivity index (χ4n) is 2.96. The fraction of sp³-hybridized carbons (Fsp3) is 0.600. The average Bonchev–Trinajstić information content (AvgIpc) is 2.53. The zero-order valence-electron chi connectivity index (χ0n) is 13.2. The van der Waals surface area contributed by atoms with Crippen molar-refractivity contribution in [3.05, 3.63) is 28.1 Å². The molecule has 0 aliphatic heterocycles. The highest BCUT2D eigenvalue weighted by Crippen LogP contribution is 2.35. The van der Waals surface area contributed by atoms with E-state index in [1.54, 1.807) is 0 Å². The van der Waals surface area contributed by atoms with E-state index in [1.165, 1.54) is 13.2 Å². The van der Waals surface area contributed by atoms with Crippen LogP contribution in [0.4, 0.5) is 15.8 Å². The molecule has 128 valence electrons. The summed E-state index contributed by atoms with van der Waals surface area (Å²) in [7, 11) is 0.491. The van der Waals surface area contributed by atoms with Crippen molar-refractivity contribution in [3.8, 4) is 5.75 Å². The Hall–Kier alpha value is -1.70. The third kappa shape index (κ3) is 4.19. The molecular formula is C15H21FN2O4S. The van der Waals surface area contributed by atoms with E-state index < -0.39 is 27.2 Å². The van der Waals surface area contributed by atoms with Crippen molar-refractivity contribution < 1.29 is 18.3 Å². The second-order valence-corrected chi connectivity index (χ2v) is 7.57. The molecule has 1 aliphatic rings. The Morgan fingerprint density at radius 1 is 1.48 bits per heavy atom. The lowest BCUT2D eigenvalue weighted by Crippen LogP contribution is -2.33. The van der Waals surface area contributed by atoms with Crippen molar-refractivity contribution >= 4 is 22.2 Å². The molecule has 0 saturated heterocycles. The molecule has 2 rings (SSSR count). The van der Waals surface area contributed by atoms with Crippen LogP contribution in [0.25, 0.3) is 0 Å². The molecular weight excluding hydrogens is 323 g/mol. The van der Waals surface area contributed by atoms with Gasteiger partial charge in [-0.1, -0.05) is 13.3 Å². The minimum absolute atomic E-state index is 0.0607. The minimum Gasteiger partial charge on any atom is -0.497 e. The van der Waals surface area contributed by atoms with Gasteiger partial charge in [0.25, 0.3) is 0 Å². The number of anilines is 1. The zero-order chi connectivity index (χ0) is 17.0. The maximum absolute atomic E-state index is 14.0. The first-order valence-electron chi connectivity index (χ1n) is 7.61. The van der Waals surface area contributed by atoms with Gasteiger partial charge in [-0.2, -0.15) is 4.39 Å². The van der Waals surface area contributed by atoms with E-state index in [-0.39, 0.29) is 22.7 Å². The number of rotatable bonds is 6. The van der Waals surface area contributed by atoms with Crippen molar-refractivity contribution in [3.63, 3.8) is 0 Å². The van der Waals surface area contributed by atoms with Crippen LogP contribution in [0.2, 0.25) is 0 Å². The van der Waals surface area contributed by atoms with Crippen LogP contribution in [-0.4, -0.2) is 33.3 Å². The molecule has 1 fully saturated rings. The van der Waals surface area contributed by atoms with Gasteiger partial charge in [-0.25, -0.2) is 0 Å². The lowest BCUT2D eigenvalue weighted by molar-refractivity contribution is -0.386. The lowest BCUT2D eigenvalue weighted by Gasteiger charge is -2.29. The van der Waals surface area contributed by atoms with E-state index >= 15 is 0 Å². The number of nitrogens with zero attached hydrogens (tertiary/aromatic N) is 1. The fourth-order valence-corrected chi connectivity index (χ4v) is 4.31. The van der Waals surface area contributed by atoms with Gasteiger partial charge in [-0.3, -0.25) is 14.3 Å². The summed E-state index contributed by atoms with van der Waals surface area (Å²) in [5, 5.41) is 14.3. The van der Waals surface area contributed by atoms with E-state index in [1.807, 2.05) is 6.92 Å². The van der Waals surface area contributed by atoms with Crippen molar-refractivity contribution in [2.75, 3.05) is 18.2 Å². The average molecular weight is 344 g/mol. The molecule has 3 atom stereocenters. The van der Waals surface area contributed by atoms with Gasteiger partial charge in [0.05, 0.1) is 12.0 Å². The molecule has 0 bridgehead atoms. The standard InChI is InChI=1S/C15H21FN2O4S/c1-3-23(21)12-6-4-5-10(7-12)17-14-9-11(22-2)8-13(16)15(14)18(19)20/h8-10,12,17H,3-7H2,1-2H3. The summed E-state index contributed by atoms with van der Waals surface area (Å²) in [5.41, 5.74) is -0.468. The maximum Gasteiger partial charge on any atom is 0.327 e. The van der Waals surface area contributed by atoms with E-state index in [0.717, 1.165) is 25.3 Å². The summed E-state index contributed by atoms with van der Waals surface area (Å²) in [6.07, 6.45) is 3.27. The third-order valence-corrected chi connectivity index (χ3v) is 5.84. The van der Waals surface area contributed by atoms with Gasteiger partial charge in [0.1, 0.15) is 11.4 Å². The molecule has 1 saturated carbocycles.